The maximum atomic E-state index is 13.0. The zero-order valence-corrected chi connectivity index (χ0v) is 13.0. The van der Waals surface area contributed by atoms with Crippen molar-refractivity contribution in [1.29, 1.82) is 0 Å². The Kier molecular flexibility index (Phi) is 4.38. The van der Waals surface area contributed by atoms with Gasteiger partial charge in [0, 0.05) is 0 Å². The third-order valence-corrected chi connectivity index (χ3v) is 4.01. The summed E-state index contributed by atoms with van der Waals surface area (Å²) in [5.41, 5.74) is 6.05. The molecule has 3 amide bonds. The van der Waals surface area contributed by atoms with Crippen LogP contribution >= 0.6 is 11.8 Å². The molecule has 0 aliphatic heterocycles. The van der Waals surface area contributed by atoms with Crippen LogP contribution < -0.4 is 11.1 Å². The number of primary amides is 1. The molecule has 2 heterocycles. The van der Waals surface area contributed by atoms with Crippen molar-refractivity contribution in [3.63, 3.8) is 0 Å². The molecular formula is C14H11FN6O2S. The summed E-state index contributed by atoms with van der Waals surface area (Å²) in [6, 6.07) is 4.91. The number of amides is 3. The first kappa shape index (κ1) is 15.9. The first-order valence-electron chi connectivity index (χ1n) is 6.71. The number of halogens is 1. The summed E-state index contributed by atoms with van der Waals surface area (Å²) in [6.07, 6.45) is 2.91. The lowest BCUT2D eigenvalue weighted by molar-refractivity contribution is -0.117. The van der Waals surface area contributed by atoms with Crippen LogP contribution in [-0.4, -0.2) is 37.4 Å². The number of hydrogen-bond acceptors (Lipinski definition) is 6. The van der Waals surface area contributed by atoms with Gasteiger partial charge in [0.15, 0.2) is 5.65 Å². The quantitative estimate of drug-likeness (QED) is 0.542. The molecule has 0 atom stereocenters. The fourth-order valence-electron chi connectivity index (χ4n) is 2.02. The molecular weight excluding hydrogens is 335 g/mol. The molecule has 3 rings (SSSR count). The highest BCUT2D eigenvalue weighted by atomic mass is 32.2. The number of imide groups is 1. The summed E-state index contributed by atoms with van der Waals surface area (Å²) in [4.78, 5) is 30.4. The Balaban J connectivity index is 1.88. The number of nitrogens with zero attached hydrogens (tertiary/aromatic N) is 4. The Morgan fingerprint density at radius 2 is 2.00 bits per heavy atom. The molecule has 0 bridgehead atoms. The molecule has 24 heavy (non-hydrogen) atoms. The summed E-state index contributed by atoms with van der Waals surface area (Å²) < 4.78 is 14.6. The molecule has 2 aromatic heterocycles. The number of carbonyl (C=O) groups is 2. The van der Waals surface area contributed by atoms with Crippen LogP contribution in [0.15, 0.2) is 41.8 Å². The predicted octanol–water partition coefficient (Wildman–Crippen LogP) is 1.24. The van der Waals surface area contributed by atoms with Gasteiger partial charge in [0.1, 0.15) is 17.2 Å². The fraction of sp³-hybridized carbons (Fsp3) is 0.0714. The van der Waals surface area contributed by atoms with E-state index >= 15 is 0 Å². The van der Waals surface area contributed by atoms with Crippen LogP contribution in [0.3, 0.4) is 0 Å². The van der Waals surface area contributed by atoms with Gasteiger partial charge >= 0.3 is 6.03 Å². The average molecular weight is 346 g/mol. The van der Waals surface area contributed by atoms with Gasteiger partial charge in [-0.05, 0) is 24.3 Å². The van der Waals surface area contributed by atoms with Crippen molar-refractivity contribution in [3.8, 4) is 5.69 Å². The summed E-state index contributed by atoms with van der Waals surface area (Å²) in [5.74, 6) is -0.900. The van der Waals surface area contributed by atoms with Gasteiger partial charge in [0.05, 0.1) is 23.0 Å². The number of hydrogen-bond donors (Lipinski definition) is 2. The maximum absolute atomic E-state index is 13.0. The van der Waals surface area contributed by atoms with Gasteiger partial charge in [-0.2, -0.15) is 5.10 Å². The summed E-state index contributed by atoms with van der Waals surface area (Å²) >= 11 is 1.13. The second kappa shape index (κ2) is 6.62. The van der Waals surface area contributed by atoms with Gasteiger partial charge in [-0.25, -0.2) is 23.8 Å². The lowest BCUT2D eigenvalue weighted by Gasteiger charge is -2.04. The number of benzene rings is 1. The zero-order chi connectivity index (χ0) is 17.1. The van der Waals surface area contributed by atoms with Crippen LogP contribution in [0.5, 0.6) is 0 Å². The molecule has 0 aliphatic carbocycles. The SMILES string of the molecule is NC(=O)NC(=O)CSc1ncnc2c1cnn2-c1ccc(F)cc1. The second-order valence-electron chi connectivity index (χ2n) is 4.65. The molecule has 0 aliphatic rings. The monoisotopic (exact) mass is 346 g/mol. The summed E-state index contributed by atoms with van der Waals surface area (Å²) in [6.45, 7) is 0. The molecule has 3 N–H and O–H groups in total. The minimum Gasteiger partial charge on any atom is -0.351 e. The lowest BCUT2D eigenvalue weighted by Crippen LogP contribution is -2.36. The van der Waals surface area contributed by atoms with Crippen LogP contribution in [0.2, 0.25) is 0 Å². The van der Waals surface area contributed by atoms with Crippen molar-refractivity contribution in [3.05, 3.63) is 42.6 Å². The number of fused-ring (bicyclic) bond motifs is 1. The minimum absolute atomic E-state index is 0.0310. The number of nitrogens with two attached hydrogens (primary N) is 1. The number of rotatable bonds is 4. The smallest absolute Gasteiger partial charge is 0.318 e. The zero-order valence-electron chi connectivity index (χ0n) is 12.1. The van der Waals surface area contributed by atoms with E-state index in [9.17, 15) is 14.0 Å². The van der Waals surface area contributed by atoms with Crippen LogP contribution in [0.1, 0.15) is 0 Å². The van der Waals surface area contributed by atoms with Crippen molar-refractivity contribution in [2.75, 3.05) is 5.75 Å². The molecule has 122 valence electrons. The molecule has 0 unspecified atom stereocenters. The molecule has 8 nitrogen and oxygen atoms in total. The van der Waals surface area contributed by atoms with E-state index in [0.29, 0.717) is 21.7 Å². The molecule has 3 aromatic rings. The second-order valence-corrected chi connectivity index (χ2v) is 5.61. The van der Waals surface area contributed by atoms with Gasteiger partial charge in [0.2, 0.25) is 5.91 Å². The van der Waals surface area contributed by atoms with E-state index < -0.39 is 11.9 Å². The number of thioether (sulfide) groups is 1. The molecule has 0 saturated carbocycles. The van der Waals surface area contributed by atoms with Crippen molar-refractivity contribution in [2.45, 2.75) is 5.03 Å². The van der Waals surface area contributed by atoms with Crippen LogP contribution in [0.4, 0.5) is 9.18 Å². The van der Waals surface area contributed by atoms with Gasteiger partial charge in [-0.1, -0.05) is 11.8 Å². The van der Waals surface area contributed by atoms with E-state index in [2.05, 4.69) is 15.1 Å². The summed E-state index contributed by atoms with van der Waals surface area (Å²) in [7, 11) is 0. The predicted molar refractivity (Wildman–Crippen MR) is 85.1 cm³/mol. The fourth-order valence-corrected chi connectivity index (χ4v) is 2.78. The summed E-state index contributed by atoms with van der Waals surface area (Å²) in [5, 5.41) is 7.38. The molecule has 0 fully saturated rings. The topological polar surface area (TPSA) is 116 Å². The molecule has 10 heteroatoms. The van der Waals surface area contributed by atoms with Gasteiger partial charge in [-0.15, -0.1) is 0 Å². The lowest BCUT2D eigenvalue weighted by atomic mass is 10.3. The Bertz CT molecular complexity index is 911. The average Bonchev–Trinajstić information content (AvgIpc) is 2.97. The van der Waals surface area contributed by atoms with Crippen molar-refractivity contribution < 1.29 is 14.0 Å². The van der Waals surface area contributed by atoms with Crippen molar-refractivity contribution >= 4 is 34.7 Å². The number of nitrogens with one attached hydrogen (secondary N) is 1. The Morgan fingerprint density at radius 1 is 1.25 bits per heavy atom. The van der Waals surface area contributed by atoms with E-state index in [1.165, 1.54) is 18.5 Å². The Morgan fingerprint density at radius 3 is 2.71 bits per heavy atom. The number of carbonyl (C=O) groups excluding carboxylic acids is 2. The van der Waals surface area contributed by atoms with Crippen LogP contribution in [-0.2, 0) is 4.79 Å². The highest BCUT2D eigenvalue weighted by Crippen LogP contribution is 2.25. The maximum Gasteiger partial charge on any atom is 0.318 e. The first-order chi connectivity index (χ1) is 11.5. The standard InChI is InChI=1S/C14H11FN6O2S/c15-8-1-3-9(4-2-8)21-12-10(5-19-21)13(18-7-17-12)24-6-11(22)20-14(16)23/h1-5,7H,6H2,(H3,16,20,22,23). The van der Waals surface area contributed by atoms with E-state index in [1.807, 2.05) is 5.32 Å². The third-order valence-electron chi connectivity index (χ3n) is 3.00. The van der Waals surface area contributed by atoms with E-state index in [1.54, 1.807) is 23.0 Å². The van der Waals surface area contributed by atoms with Gasteiger partial charge in [0.25, 0.3) is 0 Å². The molecule has 0 radical (unpaired) electrons. The normalized spacial score (nSPS) is 10.7. The van der Waals surface area contributed by atoms with Crippen molar-refractivity contribution in [2.24, 2.45) is 5.73 Å². The third kappa shape index (κ3) is 3.33. The van der Waals surface area contributed by atoms with Crippen molar-refractivity contribution in [1.82, 2.24) is 25.1 Å². The Labute approximate surface area is 139 Å². The first-order valence-corrected chi connectivity index (χ1v) is 7.70. The van der Waals surface area contributed by atoms with E-state index in [-0.39, 0.29) is 11.6 Å². The minimum atomic E-state index is -0.905. The van der Waals surface area contributed by atoms with Gasteiger partial charge < -0.3 is 5.73 Å². The van der Waals surface area contributed by atoms with Crippen LogP contribution in [0.25, 0.3) is 16.7 Å². The van der Waals surface area contributed by atoms with Crippen LogP contribution in [0, 0.1) is 5.82 Å². The molecule has 1 aromatic carbocycles. The van der Waals surface area contributed by atoms with E-state index in [4.69, 9.17) is 5.73 Å². The highest BCUT2D eigenvalue weighted by molar-refractivity contribution is 8.00. The number of aromatic nitrogens is 4. The Hall–Kier alpha value is -3.01. The largest absolute Gasteiger partial charge is 0.351 e. The highest BCUT2D eigenvalue weighted by Gasteiger charge is 2.13. The molecule has 0 saturated heterocycles. The van der Waals surface area contributed by atoms with Gasteiger partial charge in [-0.3, -0.25) is 10.1 Å². The number of urea groups is 1. The van der Waals surface area contributed by atoms with E-state index in [0.717, 1.165) is 11.8 Å². The molecule has 0 spiro atoms.